The number of anilines is 1. The minimum atomic E-state index is 0.117. The van der Waals surface area contributed by atoms with E-state index in [2.05, 4.69) is 40.2 Å². The Kier molecular flexibility index (Phi) is 3.78. The van der Waals surface area contributed by atoms with Crippen molar-refractivity contribution < 1.29 is 9.15 Å². The van der Waals surface area contributed by atoms with Crippen molar-refractivity contribution in [3.8, 4) is 6.07 Å². The quantitative estimate of drug-likeness (QED) is 0.866. The van der Waals surface area contributed by atoms with E-state index < -0.39 is 0 Å². The minimum absolute atomic E-state index is 0.117. The number of hydrogen-bond acceptors (Lipinski definition) is 5. The topological polar surface area (TPSA) is 62.3 Å². The molecule has 2 fully saturated rings. The zero-order valence-corrected chi connectivity index (χ0v) is 14.0. The second kappa shape index (κ2) is 5.95. The molecule has 124 valence electrons. The molecular weight excluding hydrogens is 302 g/mol. The standard InChI is InChI=1S/C19H21N3O2/c1-12-10-22(11-13(2)23-12)19-17(9-20)21-18(24-19)16-8-15(16)14-6-4-3-5-7-14/h3-7,12-13,15-16H,8,10-11H2,1-2H3/t12-,13-,15+,16+/m0/s1. The van der Waals surface area contributed by atoms with Crippen LogP contribution in [0.2, 0.25) is 0 Å². The molecule has 0 bridgehead atoms. The van der Waals surface area contributed by atoms with E-state index in [1.165, 1.54) is 5.56 Å². The number of oxazole rings is 1. The Bertz CT molecular complexity index is 755. The van der Waals surface area contributed by atoms with E-state index in [4.69, 9.17) is 9.15 Å². The van der Waals surface area contributed by atoms with Crippen molar-refractivity contribution in [1.82, 2.24) is 4.98 Å². The Labute approximate surface area is 141 Å². The molecule has 4 rings (SSSR count). The summed E-state index contributed by atoms with van der Waals surface area (Å²) in [7, 11) is 0. The van der Waals surface area contributed by atoms with Gasteiger partial charge in [-0.15, -0.1) is 0 Å². The van der Waals surface area contributed by atoms with Gasteiger partial charge in [0.15, 0.2) is 0 Å². The van der Waals surface area contributed by atoms with Crippen LogP contribution in [0, 0.1) is 11.3 Å². The maximum absolute atomic E-state index is 9.45. The van der Waals surface area contributed by atoms with Gasteiger partial charge in [0.05, 0.1) is 12.2 Å². The molecular formula is C19H21N3O2. The molecule has 0 unspecified atom stereocenters. The molecule has 5 heteroatoms. The van der Waals surface area contributed by atoms with Crippen LogP contribution in [-0.4, -0.2) is 30.3 Å². The molecule has 2 heterocycles. The molecule has 2 aromatic rings. The Hall–Kier alpha value is -2.32. The second-order valence-corrected chi connectivity index (χ2v) is 6.84. The fraction of sp³-hybridized carbons (Fsp3) is 0.474. The predicted octanol–water partition coefficient (Wildman–Crippen LogP) is 3.43. The summed E-state index contributed by atoms with van der Waals surface area (Å²) >= 11 is 0. The van der Waals surface area contributed by atoms with Crippen molar-refractivity contribution in [1.29, 1.82) is 5.26 Å². The van der Waals surface area contributed by atoms with Crippen LogP contribution in [0.4, 0.5) is 5.88 Å². The van der Waals surface area contributed by atoms with Crippen molar-refractivity contribution in [2.45, 2.75) is 44.3 Å². The second-order valence-electron chi connectivity index (χ2n) is 6.84. The third-order valence-electron chi connectivity index (χ3n) is 4.77. The first-order valence-electron chi connectivity index (χ1n) is 8.52. The first kappa shape index (κ1) is 15.2. The highest BCUT2D eigenvalue weighted by atomic mass is 16.5. The van der Waals surface area contributed by atoms with Gasteiger partial charge in [0.1, 0.15) is 6.07 Å². The summed E-state index contributed by atoms with van der Waals surface area (Å²) in [5, 5.41) is 9.45. The molecule has 4 atom stereocenters. The van der Waals surface area contributed by atoms with Gasteiger partial charge in [0.25, 0.3) is 0 Å². The predicted molar refractivity (Wildman–Crippen MR) is 90.0 cm³/mol. The van der Waals surface area contributed by atoms with Crippen LogP contribution < -0.4 is 4.90 Å². The SMILES string of the molecule is C[C@H]1CN(c2oc([C@@H]3C[C@@H]3c3ccccc3)nc2C#N)C[C@H](C)O1. The molecule has 0 N–H and O–H groups in total. The summed E-state index contributed by atoms with van der Waals surface area (Å²) in [6.07, 6.45) is 1.27. The van der Waals surface area contributed by atoms with Gasteiger partial charge in [-0.2, -0.15) is 5.26 Å². The van der Waals surface area contributed by atoms with Crippen LogP contribution in [0.5, 0.6) is 0 Å². The number of benzene rings is 1. The molecule has 1 saturated heterocycles. The van der Waals surface area contributed by atoms with E-state index in [9.17, 15) is 5.26 Å². The van der Waals surface area contributed by atoms with Crippen LogP contribution in [0.1, 0.15) is 49.3 Å². The van der Waals surface area contributed by atoms with Gasteiger partial charge in [0.2, 0.25) is 17.5 Å². The molecule has 1 aliphatic heterocycles. The van der Waals surface area contributed by atoms with Gasteiger partial charge in [-0.3, -0.25) is 0 Å². The van der Waals surface area contributed by atoms with E-state index in [0.717, 1.165) is 19.5 Å². The highest BCUT2D eigenvalue weighted by molar-refractivity contribution is 5.49. The van der Waals surface area contributed by atoms with Gasteiger partial charge in [-0.1, -0.05) is 30.3 Å². The van der Waals surface area contributed by atoms with Gasteiger partial charge >= 0.3 is 0 Å². The van der Waals surface area contributed by atoms with Crippen LogP contribution in [0.15, 0.2) is 34.7 Å². The first-order chi connectivity index (χ1) is 11.7. The molecule has 1 saturated carbocycles. The molecule has 0 amide bonds. The van der Waals surface area contributed by atoms with Gasteiger partial charge in [-0.25, -0.2) is 4.98 Å². The number of nitriles is 1. The maximum atomic E-state index is 9.45. The lowest BCUT2D eigenvalue weighted by Gasteiger charge is -2.34. The Morgan fingerprint density at radius 3 is 2.50 bits per heavy atom. The Balaban J connectivity index is 1.57. The average Bonchev–Trinajstić information content (AvgIpc) is 3.26. The number of hydrogen-bond donors (Lipinski definition) is 0. The third-order valence-corrected chi connectivity index (χ3v) is 4.77. The number of rotatable bonds is 3. The number of nitrogens with zero attached hydrogens (tertiary/aromatic N) is 3. The van der Waals surface area contributed by atoms with E-state index >= 15 is 0 Å². The fourth-order valence-corrected chi connectivity index (χ4v) is 3.65. The van der Waals surface area contributed by atoms with E-state index in [1.54, 1.807) is 0 Å². The molecule has 2 aliphatic rings. The normalized spacial score (nSPS) is 29.3. The Morgan fingerprint density at radius 1 is 1.12 bits per heavy atom. The highest BCUT2D eigenvalue weighted by Crippen LogP contribution is 2.54. The van der Waals surface area contributed by atoms with Gasteiger partial charge < -0.3 is 14.1 Å². The lowest BCUT2D eigenvalue weighted by atomic mass is 10.1. The summed E-state index contributed by atoms with van der Waals surface area (Å²) in [4.78, 5) is 6.57. The zero-order chi connectivity index (χ0) is 16.7. The molecule has 1 aliphatic carbocycles. The van der Waals surface area contributed by atoms with Crippen LogP contribution in [0.3, 0.4) is 0 Å². The minimum Gasteiger partial charge on any atom is -0.423 e. The summed E-state index contributed by atoms with van der Waals surface area (Å²) < 4.78 is 11.8. The van der Waals surface area contributed by atoms with Crippen LogP contribution in [-0.2, 0) is 4.74 Å². The highest BCUT2D eigenvalue weighted by Gasteiger charge is 2.44. The number of ether oxygens (including phenoxy) is 1. The molecule has 5 nitrogen and oxygen atoms in total. The monoisotopic (exact) mass is 323 g/mol. The first-order valence-corrected chi connectivity index (χ1v) is 8.52. The summed E-state index contributed by atoms with van der Waals surface area (Å²) in [5.41, 5.74) is 1.71. The molecule has 24 heavy (non-hydrogen) atoms. The van der Waals surface area contributed by atoms with E-state index in [1.807, 2.05) is 19.9 Å². The largest absolute Gasteiger partial charge is 0.423 e. The van der Waals surface area contributed by atoms with Crippen molar-refractivity contribution >= 4 is 5.88 Å². The lowest BCUT2D eigenvalue weighted by Crippen LogP contribution is -2.45. The van der Waals surface area contributed by atoms with Crippen LogP contribution in [0.25, 0.3) is 0 Å². The van der Waals surface area contributed by atoms with Crippen molar-refractivity contribution in [2.24, 2.45) is 0 Å². The summed E-state index contributed by atoms with van der Waals surface area (Å²) in [6.45, 7) is 5.53. The van der Waals surface area contributed by atoms with E-state index in [0.29, 0.717) is 23.4 Å². The van der Waals surface area contributed by atoms with Gasteiger partial charge in [-0.05, 0) is 31.7 Å². The van der Waals surface area contributed by atoms with Crippen molar-refractivity contribution in [2.75, 3.05) is 18.0 Å². The third kappa shape index (κ3) is 2.78. The lowest BCUT2D eigenvalue weighted by molar-refractivity contribution is -0.00647. The average molecular weight is 323 g/mol. The summed E-state index contributed by atoms with van der Waals surface area (Å²) in [5.74, 6) is 2.03. The van der Waals surface area contributed by atoms with Crippen molar-refractivity contribution in [3.63, 3.8) is 0 Å². The van der Waals surface area contributed by atoms with E-state index in [-0.39, 0.29) is 18.1 Å². The van der Waals surface area contributed by atoms with Crippen molar-refractivity contribution in [3.05, 3.63) is 47.5 Å². The number of aromatic nitrogens is 1. The number of morpholine rings is 1. The molecule has 1 aromatic heterocycles. The zero-order valence-electron chi connectivity index (χ0n) is 14.0. The fourth-order valence-electron chi connectivity index (χ4n) is 3.65. The summed E-state index contributed by atoms with van der Waals surface area (Å²) in [6, 6.07) is 12.6. The Morgan fingerprint density at radius 2 is 1.83 bits per heavy atom. The smallest absolute Gasteiger partial charge is 0.234 e. The maximum Gasteiger partial charge on any atom is 0.234 e. The molecule has 0 radical (unpaired) electrons. The van der Waals surface area contributed by atoms with Crippen LogP contribution >= 0.6 is 0 Å². The molecule has 1 aromatic carbocycles. The molecule has 0 spiro atoms. The van der Waals surface area contributed by atoms with Gasteiger partial charge in [0, 0.05) is 19.0 Å².